The predicted molar refractivity (Wildman–Crippen MR) is 67.9 cm³/mol. The van der Waals surface area contributed by atoms with Crippen molar-refractivity contribution in [2.45, 2.75) is 32.2 Å². The van der Waals surface area contributed by atoms with Gasteiger partial charge in [-0.2, -0.15) is 0 Å². The summed E-state index contributed by atoms with van der Waals surface area (Å²) in [5.74, 6) is 1.02. The summed E-state index contributed by atoms with van der Waals surface area (Å²) in [7, 11) is 0. The van der Waals surface area contributed by atoms with Gasteiger partial charge in [-0.25, -0.2) is 0 Å². The number of rotatable bonds is 5. The van der Waals surface area contributed by atoms with Gasteiger partial charge in [-0.1, -0.05) is 47.0 Å². The Morgan fingerprint density at radius 1 is 1.40 bits per heavy atom. The normalized spacial score (nSPS) is 17.7. The average molecular weight is 268 g/mol. The zero-order valence-corrected chi connectivity index (χ0v) is 10.8. The molecule has 2 rings (SSSR count). The van der Waals surface area contributed by atoms with Crippen LogP contribution in [0.2, 0.25) is 0 Å². The Balaban J connectivity index is 1.83. The zero-order valence-electron chi connectivity index (χ0n) is 9.17. The molecule has 1 nitrogen and oxygen atoms in total. The maximum atomic E-state index is 3.59. The van der Waals surface area contributed by atoms with Gasteiger partial charge in [0.25, 0.3) is 0 Å². The molecule has 0 amide bonds. The van der Waals surface area contributed by atoms with Crippen LogP contribution >= 0.6 is 15.9 Å². The smallest absolute Gasteiger partial charge is 0.0302 e. The molecule has 0 aliphatic heterocycles. The van der Waals surface area contributed by atoms with E-state index in [4.69, 9.17) is 0 Å². The van der Waals surface area contributed by atoms with Crippen molar-refractivity contribution in [2.75, 3.05) is 6.54 Å². The monoisotopic (exact) mass is 267 g/mol. The third-order valence-corrected chi connectivity index (χ3v) is 3.79. The van der Waals surface area contributed by atoms with Crippen LogP contribution in [0.4, 0.5) is 0 Å². The van der Waals surface area contributed by atoms with Crippen LogP contribution in [0, 0.1) is 5.92 Å². The minimum Gasteiger partial charge on any atom is -0.310 e. The largest absolute Gasteiger partial charge is 0.310 e. The molecular formula is C13H18BrN. The molecule has 82 valence electrons. The Labute approximate surface area is 100 Å². The quantitative estimate of drug-likeness (QED) is 0.854. The van der Waals surface area contributed by atoms with Crippen molar-refractivity contribution in [1.82, 2.24) is 5.32 Å². The second kappa shape index (κ2) is 5.13. The van der Waals surface area contributed by atoms with E-state index in [2.05, 4.69) is 52.4 Å². The average Bonchev–Trinajstić information content (AvgIpc) is 3.02. The fourth-order valence-corrected chi connectivity index (χ4v) is 2.47. The highest BCUT2D eigenvalue weighted by Gasteiger charge is 2.20. The van der Waals surface area contributed by atoms with Crippen molar-refractivity contribution >= 4 is 15.9 Å². The molecule has 1 aliphatic rings. The first-order chi connectivity index (χ1) is 7.27. The number of halogens is 1. The van der Waals surface area contributed by atoms with E-state index in [0.717, 1.165) is 12.5 Å². The van der Waals surface area contributed by atoms with Crippen LogP contribution in [-0.2, 0) is 0 Å². The van der Waals surface area contributed by atoms with E-state index in [1.165, 1.54) is 29.3 Å². The summed E-state index contributed by atoms with van der Waals surface area (Å²) >= 11 is 3.59. The van der Waals surface area contributed by atoms with E-state index in [9.17, 15) is 0 Å². The highest BCUT2D eigenvalue weighted by molar-refractivity contribution is 9.10. The highest BCUT2D eigenvalue weighted by Crippen LogP contribution is 2.32. The lowest BCUT2D eigenvalue weighted by molar-refractivity contribution is 0.538. The van der Waals surface area contributed by atoms with Crippen LogP contribution in [0.5, 0.6) is 0 Å². The topological polar surface area (TPSA) is 12.0 Å². The Morgan fingerprint density at radius 3 is 2.80 bits per heavy atom. The summed E-state index contributed by atoms with van der Waals surface area (Å²) in [6, 6.07) is 8.89. The lowest BCUT2D eigenvalue weighted by Crippen LogP contribution is -2.20. The second-order valence-corrected chi connectivity index (χ2v) is 5.28. The minimum atomic E-state index is 0.444. The summed E-state index contributed by atoms with van der Waals surface area (Å²) in [5, 5.41) is 3.58. The molecule has 1 fully saturated rings. The minimum absolute atomic E-state index is 0.444. The summed E-state index contributed by atoms with van der Waals surface area (Å²) in [4.78, 5) is 0. The lowest BCUT2D eigenvalue weighted by atomic mass is 10.1. The zero-order chi connectivity index (χ0) is 10.7. The molecule has 0 bridgehead atoms. The van der Waals surface area contributed by atoms with E-state index < -0.39 is 0 Å². The number of nitrogens with one attached hydrogen (secondary N) is 1. The molecule has 1 saturated carbocycles. The van der Waals surface area contributed by atoms with Gasteiger partial charge in [-0.3, -0.25) is 0 Å². The summed E-state index contributed by atoms with van der Waals surface area (Å²) in [6.07, 6.45) is 4.24. The predicted octanol–water partition coefficient (Wildman–Crippen LogP) is 3.90. The van der Waals surface area contributed by atoms with Gasteiger partial charge >= 0.3 is 0 Å². The summed E-state index contributed by atoms with van der Waals surface area (Å²) in [6.45, 7) is 3.38. The first kappa shape index (κ1) is 11.2. The van der Waals surface area contributed by atoms with Crippen LogP contribution in [-0.4, -0.2) is 6.54 Å². The van der Waals surface area contributed by atoms with Gasteiger partial charge in [-0.15, -0.1) is 0 Å². The Hall–Kier alpha value is -0.340. The van der Waals surface area contributed by atoms with Crippen molar-refractivity contribution in [2.24, 2.45) is 5.92 Å². The van der Waals surface area contributed by atoms with E-state index >= 15 is 0 Å². The molecule has 1 aromatic rings. The van der Waals surface area contributed by atoms with E-state index in [1.807, 2.05) is 0 Å². The maximum absolute atomic E-state index is 3.59. The van der Waals surface area contributed by atoms with Gasteiger partial charge in [0.1, 0.15) is 0 Å². The summed E-state index contributed by atoms with van der Waals surface area (Å²) < 4.78 is 1.21. The Morgan fingerprint density at radius 2 is 2.13 bits per heavy atom. The van der Waals surface area contributed by atoms with Crippen LogP contribution in [0.25, 0.3) is 0 Å². The molecule has 0 aromatic heterocycles. The van der Waals surface area contributed by atoms with Crippen LogP contribution in [0.15, 0.2) is 28.7 Å². The van der Waals surface area contributed by atoms with Crippen molar-refractivity contribution in [1.29, 1.82) is 0 Å². The van der Waals surface area contributed by atoms with Gasteiger partial charge in [-0.05, 0) is 37.4 Å². The molecule has 15 heavy (non-hydrogen) atoms. The Kier molecular flexibility index (Phi) is 3.81. The first-order valence-electron chi connectivity index (χ1n) is 5.75. The van der Waals surface area contributed by atoms with Crippen molar-refractivity contribution in [3.63, 3.8) is 0 Å². The molecule has 0 spiro atoms. The van der Waals surface area contributed by atoms with Crippen molar-refractivity contribution < 1.29 is 0 Å². The van der Waals surface area contributed by atoms with Crippen LogP contribution in [0.1, 0.15) is 37.8 Å². The number of hydrogen-bond acceptors (Lipinski definition) is 1. The van der Waals surface area contributed by atoms with Crippen LogP contribution in [0.3, 0.4) is 0 Å². The van der Waals surface area contributed by atoms with Gasteiger partial charge in [0.2, 0.25) is 0 Å². The van der Waals surface area contributed by atoms with E-state index in [1.54, 1.807) is 0 Å². The van der Waals surface area contributed by atoms with Gasteiger partial charge in [0.05, 0.1) is 0 Å². The third-order valence-electron chi connectivity index (χ3n) is 3.07. The van der Waals surface area contributed by atoms with E-state index in [0.29, 0.717) is 6.04 Å². The molecule has 0 heterocycles. The molecule has 2 heteroatoms. The van der Waals surface area contributed by atoms with Crippen molar-refractivity contribution in [3.05, 3.63) is 34.3 Å². The van der Waals surface area contributed by atoms with Crippen LogP contribution < -0.4 is 5.32 Å². The van der Waals surface area contributed by atoms with Crippen molar-refractivity contribution in [3.8, 4) is 0 Å². The van der Waals surface area contributed by atoms with Gasteiger partial charge < -0.3 is 5.32 Å². The number of benzene rings is 1. The highest BCUT2D eigenvalue weighted by atomic mass is 79.9. The summed E-state index contributed by atoms with van der Waals surface area (Å²) in [5.41, 5.74) is 1.35. The molecule has 0 radical (unpaired) electrons. The second-order valence-electron chi connectivity index (χ2n) is 4.43. The molecule has 0 unspecified atom stereocenters. The standard InChI is InChI=1S/C13H18BrN/c1-10(15-9-8-11-6-7-11)12-4-2-3-5-13(12)14/h2-5,10-11,15H,6-9H2,1H3/t10-/m0/s1. The SMILES string of the molecule is C[C@H](NCCC1CC1)c1ccccc1Br. The fourth-order valence-electron chi connectivity index (χ4n) is 1.85. The first-order valence-corrected chi connectivity index (χ1v) is 6.54. The molecule has 1 aromatic carbocycles. The molecule has 1 aliphatic carbocycles. The lowest BCUT2D eigenvalue weighted by Gasteiger charge is -2.15. The van der Waals surface area contributed by atoms with Gasteiger partial charge in [0, 0.05) is 10.5 Å². The fraction of sp³-hybridized carbons (Fsp3) is 0.538. The maximum Gasteiger partial charge on any atom is 0.0302 e. The third kappa shape index (κ3) is 3.32. The van der Waals surface area contributed by atoms with Gasteiger partial charge in [0.15, 0.2) is 0 Å². The molecular weight excluding hydrogens is 250 g/mol. The molecule has 1 atom stereocenters. The Bertz CT molecular complexity index is 320. The molecule has 0 saturated heterocycles. The molecule has 1 N–H and O–H groups in total. The number of hydrogen-bond donors (Lipinski definition) is 1. The van der Waals surface area contributed by atoms with E-state index in [-0.39, 0.29) is 0 Å².